The van der Waals surface area contributed by atoms with Crippen LogP contribution in [0.25, 0.3) is 11.3 Å². The summed E-state index contributed by atoms with van der Waals surface area (Å²) in [5.41, 5.74) is -7.02. The van der Waals surface area contributed by atoms with Crippen molar-refractivity contribution in [3.8, 4) is 34.4 Å². The first kappa shape index (κ1) is 35.7. The second-order valence-electron chi connectivity index (χ2n) is 11.3. The predicted molar refractivity (Wildman–Crippen MR) is 153 cm³/mol. The number of methoxy groups -OCH3 is 3. The van der Waals surface area contributed by atoms with E-state index in [1.165, 1.54) is 33.9 Å². The van der Waals surface area contributed by atoms with E-state index in [0.717, 1.165) is 7.11 Å². The molecule has 0 saturated carbocycles. The summed E-state index contributed by atoms with van der Waals surface area (Å²) in [6.07, 6.45) is -0.477. The fourth-order valence-electron chi connectivity index (χ4n) is 4.62. The van der Waals surface area contributed by atoms with Crippen LogP contribution in [0.4, 0.5) is 18.0 Å². The van der Waals surface area contributed by atoms with E-state index in [2.05, 4.69) is 9.17 Å². The average molecular weight is 664 g/mol. The van der Waals surface area contributed by atoms with Crippen LogP contribution in [-0.4, -0.2) is 71.2 Å². The van der Waals surface area contributed by atoms with Crippen LogP contribution in [0.5, 0.6) is 23.1 Å². The van der Waals surface area contributed by atoms with Gasteiger partial charge in [0.1, 0.15) is 5.60 Å². The van der Waals surface area contributed by atoms with Crippen molar-refractivity contribution in [2.24, 2.45) is 5.92 Å². The van der Waals surface area contributed by atoms with Crippen molar-refractivity contribution in [1.29, 1.82) is 0 Å². The minimum atomic E-state index is -6.35. The van der Waals surface area contributed by atoms with Crippen LogP contribution < -0.4 is 18.4 Å². The topological polar surface area (TPSA) is 146 Å². The molecule has 1 aromatic heterocycles. The van der Waals surface area contributed by atoms with Crippen LogP contribution in [0, 0.1) is 5.92 Å². The number of ether oxygens (including phenoxy) is 6. The highest BCUT2D eigenvalue weighted by Crippen LogP contribution is 2.52. The molecular weight excluding hydrogens is 627 g/mol. The highest BCUT2D eigenvalue weighted by atomic mass is 32.2. The van der Waals surface area contributed by atoms with Gasteiger partial charge in [0.25, 0.3) is 5.88 Å². The van der Waals surface area contributed by atoms with Crippen molar-refractivity contribution < 1.29 is 63.8 Å². The summed E-state index contributed by atoms with van der Waals surface area (Å²) in [4.78, 5) is 30.1. The molecule has 2 aromatic rings. The van der Waals surface area contributed by atoms with E-state index >= 15 is 0 Å². The molecular formula is C29H36F3NO11S. The van der Waals surface area contributed by atoms with Crippen LogP contribution >= 0.6 is 0 Å². The predicted octanol–water partition coefficient (Wildman–Crippen LogP) is 5.80. The van der Waals surface area contributed by atoms with Crippen molar-refractivity contribution in [2.75, 3.05) is 34.5 Å². The molecule has 1 aromatic carbocycles. The number of carbonyl (C=O) groups is 2. The summed E-state index contributed by atoms with van der Waals surface area (Å²) >= 11 is 0. The molecule has 1 unspecified atom stereocenters. The van der Waals surface area contributed by atoms with Gasteiger partial charge in [-0.25, -0.2) is 14.6 Å². The molecule has 0 aliphatic heterocycles. The molecule has 16 heteroatoms. The molecule has 12 nitrogen and oxygen atoms in total. The zero-order valence-corrected chi connectivity index (χ0v) is 26.9. The highest BCUT2D eigenvalue weighted by Gasteiger charge is 2.50. The van der Waals surface area contributed by atoms with Gasteiger partial charge in [-0.3, -0.25) is 0 Å². The van der Waals surface area contributed by atoms with Crippen LogP contribution in [0.15, 0.2) is 12.1 Å². The van der Waals surface area contributed by atoms with Crippen LogP contribution in [0.2, 0.25) is 0 Å². The third-order valence-electron chi connectivity index (χ3n) is 6.60. The Morgan fingerprint density at radius 2 is 1.71 bits per heavy atom. The van der Waals surface area contributed by atoms with Gasteiger partial charge in [-0.05, 0) is 56.7 Å². The van der Waals surface area contributed by atoms with E-state index in [1.54, 1.807) is 13.2 Å². The summed E-state index contributed by atoms with van der Waals surface area (Å²) in [6.45, 7) is 9.02. The third-order valence-corrected chi connectivity index (χ3v) is 7.55. The molecule has 0 N–H and O–H groups in total. The first-order valence-corrected chi connectivity index (χ1v) is 15.2. The Kier molecular flexibility index (Phi) is 10.9. The molecule has 0 spiro atoms. The number of carbonyl (C=O) groups excluding carboxylic acids is 2. The minimum absolute atomic E-state index is 0.113. The fourth-order valence-corrected chi connectivity index (χ4v) is 5.04. The summed E-state index contributed by atoms with van der Waals surface area (Å²) in [6, 6.07) is 3.18. The van der Waals surface area contributed by atoms with E-state index in [0.29, 0.717) is 24.3 Å². The van der Waals surface area contributed by atoms with E-state index in [4.69, 9.17) is 28.4 Å². The summed E-state index contributed by atoms with van der Waals surface area (Å²) in [5, 5.41) is 0. The average Bonchev–Trinajstić information content (AvgIpc) is 2.92. The number of nitrogens with zero attached hydrogens (tertiary/aromatic N) is 1. The molecule has 0 radical (unpaired) electrons. The van der Waals surface area contributed by atoms with Crippen LogP contribution in [0.1, 0.15) is 68.4 Å². The molecule has 0 amide bonds. The molecule has 1 atom stereocenters. The number of benzene rings is 1. The van der Waals surface area contributed by atoms with Crippen molar-refractivity contribution in [1.82, 2.24) is 4.98 Å². The van der Waals surface area contributed by atoms with E-state index in [1.807, 2.05) is 13.8 Å². The van der Waals surface area contributed by atoms with Gasteiger partial charge in [0.15, 0.2) is 22.8 Å². The first-order chi connectivity index (χ1) is 20.8. The monoisotopic (exact) mass is 663 g/mol. The maximum atomic E-state index is 13.5. The Morgan fingerprint density at radius 3 is 2.24 bits per heavy atom. The Bertz CT molecular complexity index is 1530. The number of hydrogen-bond donors (Lipinski definition) is 0. The Labute approximate surface area is 259 Å². The summed E-state index contributed by atoms with van der Waals surface area (Å²) in [7, 11) is -2.53. The molecule has 1 aliphatic rings. The van der Waals surface area contributed by atoms with Gasteiger partial charge in [0, 0.05) is 31.3 Å². The van der Waals surface area contributed by atoms with E-state index in [9.17, 15) is 31.2 Å². The van der Waals surface area contributed by atoms with Crippen molar-refractivity contribution in [2.45, 2.75) is 64.5 Å². The standard InChI is InChI=1S/C29H36F3NO11S/c1-15(2)17-12-16-13-20(41-11-9-10-38-6)19(39-7)14-18(16)23-21(17)24(42-27(35)43-28(3,4)5)22(26(34)40-8)25(33-23)44-45(36,37)29(30,31)32/h13-15,17H,9-12H2,1-8H3. The normalized spacial score (nSPS) is 14.7. The molecule has 0 saturated heterocycles. The molecule has 1 heterocycles. The molecule has 1 aliphatic carbocycles. The van der Waals surface area contributed by atoms with E-state index in [-0.39, 0.29) is 41.5 Å². The van der Waals surface area contributed by atoms with Gasteiger partial charge in [-0.2, -0.15) is 21.6 Å². The number of alkyl halides is 3. The Balaban J connectivity index is 2.42. The highest BCUT2D eigenvalue weighted by molar-refractivity contribution is 7.88. The number of fused-ring (bicyclic) bond motifs is 3. The zero-order chi connectivity index (χ0) is 33.9. The van der Waals surface area contributed by atoms with Gasteiger partial charge >= 0.3 is 27.8 Å². The number of hydrogen-bond acceptors (Lipinski definition) is 12. The Hall–Kier alpha value is -3.79. The first-order valence-electron chi connectivity index (χ1n) is 13.8. The van der Waals surface area contributed by atoms with Crippen molar-refractivity contribution in [3.05, 3.63) is 28.8 Å². The third kappa shape index (κ3) is 8.09. The van der Waals surface area contributed by atoms with Gasteiger partial charge in [-0.15, -0.1) is 0 Å². The minimum Gasteiger partial charge on any atom is -0.493 e. The number of aromatic nitrogens is 1. The van der Waals surface area contributed by atoms with Gasteiger partial charge in [0.2, 0.25) is 0 Å². The lowest BCUT2D eigenvalue weighted by Crippen LogP contribution is -2.31. The van der Waals surface area contributed by atoms with Crippen molar-refractivity contribution >= 4 is 22.2 Å². The largest absolute Gasteiger partial charge is 0.534 e. The summed E-state index contributed by atoms with van der Waals surface area (Å²) in [5.74, 6) is -3.51. The summed E-state index contributed by atoms with van der Waals surface area (Å²) < 4.78 is 101. The van der Waals surface area contributed by atoms with Gasteiger partial charge in [-0.1, -0.05) is 13.8 Å². The SMILES string of the molecule is COCCCOc1cc2c(cc1OC)-c1nc(OS(=O)(=O)C(F)(F)F)c(C(=O)OC)c(OC(=O)OC(C)(C)C)c1C(C(C)C)C2. The number of esters is 1. The van der Waals surface area contributed by atoms with Crippen molar-refractivity contribution in [3.63, 3.8) is 0 Å². The van der Waals surface area contributed by atoms with Gasteiger partial charge in [0.05, 0.1) is 26.5 Å². The quantitative estimate of drug-likeness (QED) is 0.124. The molecule has 45 heavy (non-hydrogen) atoms. The van der Waals surface area contributed by atoms with Crippen LogP contribution in [-0.2, 0) is 30.7 Å². The smallest absolute Gasteiger partial charge is 0.493 e. The fraction of sp³-hybridized carbons (Fsp3) is 0.552. The van der Waals surface area contributed by atoms with E-state index < -0.39 is 56.5 Å². The van der Waals surface area contributed by atoms with Crippen LogP contribution in [0.3, 0.4) is 0 Å². The molecule has 0 fully saturated rings. The Morgan fingerprint density at radius 1 is 1.04 bits per heavy atom. The molecule has 3 rings (SSSR count). The molecule has 250 valence electrons. The van der Waals surface area contributed by atoms with Gasteiger partial charge < -0.3 is 32.6 Å². The maximum absolute atomic E-state index is 13.5. The number of rotatable bonds is 11. The molecule has 0 bridgehead atoms. The number of halogens is 3. The maximum Gasteiger partial charge on any atom is 0.534 e. The lowest BCUT2D eigenvalue weighted by atomic mass is 9.75. The second kappa shape index (κ2) is 13.7. The zero-order valence-electron chi connectivity index (χ0n) is 26.1. The number of pyridine rings is 1. The second-order valence-corrected chi connectivity index (χ2v) is 12.9. The lowest BCUT2D eigenvalue weighted by Gasteiger charge is -2.33. The lowest BCUT2D eigenvalue weighted by molar-refractivity contribution is -0.0502.